The Morgan fingerprint density at radius 3 is 2.54 bits per heavy atom. The lowest BCUT2D eigenvalue weighted by Gasteiger charge is -2.09. The molecule has 26 heavy (non-hydrogen) atoms. The van der Waals surface area contributed by atoms with Gasteiger partial charge in [0, 0.05) is 18.2 Å². The fourth-order valence-corrected chi connectivity index (χ4v) is 2.38. The molecular formula is C20H19N3O3. The van der Waals surface area contributed by atoms with Gasteiger partial charge in [0.15, 0.2) is 6.61 Å². The van der Waals surface area contributed by atoms with Gasteiger partial charge in [-0.1, -0.05) is 24.3 Å². The van der Waals surface area contributed by atoms with Crippen LogP contribution in [0.15, 0.2) is 48.5 Å². The summed E-state index contributed by atoms with van der Waals surface area (Å²) in [7, 11) is 0. The van der Waals surface area contributed by atoms with Crippen molar-refractivity contribution in [1.29, 1.82) is 5.26 Å². The standard InChI is InChI=1S/C20H19N3O3/c21-11-16-3-1-2-4-18(16)26-13-19(24)22-12-14-5-9-17(10-6-14)23-20(25)15-7-8-15/h1-6,9-10,15H,7-8,12-13H2,(H,22,24)(H,23,25). The van der Waals surface area contributed by atoms with E-state index in [1.807, 2.05) is 30.3 Å². The number of carbonyl (C=O) groups excluding carboxylic acids is 2. The van der Waals surface area contributed by atoms with Crippen molar-refractivity contribution in [3.8, 4) is 11.8 Å². The maximum atomic E-state index is 11.9. The van der Waals surface area contributed by atoms with Gasteiger partial charge < -0.3 is 15.4 Å². The number of benzene rings is 2. The first-order valence-electron chi connectivity index (χ1n) is 8.44. The summed E-state index contributed by atoms with van der Waals surface area (Å²) in [5.74, 6) is 0.353. The Morgan fingerprint density at radius 2 is 1.85 bits per heavy atom. The first kappa shape index (κ1) is 17.5. The van der Waals surface area contributed by atoms with Gasteiger partial charge in [-0.05, 0) is 42.7 Å². The second-order valence-corrected chi connectivity index (χ2v) is 6.13. The van der Waals surface area contributed by atoms with Crippen molar-refractivity contribution in [2.24, 2.45) is 5.92 Å². The first-order chi connectivity index (χ1) is 12.7. The van der Waals surface area contributed by atoms with E-state index in [-0.39, 0.29) is 24.3 Å². The lowest BCUT2D eigenvalue weighted by molar-refractivity contribution is -0.123. The van der Waals surface area contributed by atoms with Crippen LogP contribution in [0.1, 0.15) is 24.0 Å². The molecule has 6 nitrogen and oxygen atoms in total. The molecule has 0 bridgehead atoms. The summed E-state index contributed by atoms with van der Waals surface area (Å²) in [5.41, 5.74) is 2.07. The topological polar surface area (TPSA) is 91.2 Å². The summed E-state index contributed by atoms with van der Waals surface area (Å²) in [4.78, 5) is 23.6. The summed E-state index contributed by atoms with van der Waals surface area (Å²) < 4.78 is 5.39. The average molecular weight is 349 g/mol. The zero-order valence-electron chi connectivity index (χ0n) is 14.2. The Bertz CT molecular complexity index is 836. The van der Waals surface area contributed by atoms with Crippen LogP contribution in [0.4, 0.5) is 5.69 Å². The van der Waals surface area contributed by atoms with Crippen molar-refractivity contribution in [2.45, 2.75) is 19.4 Å². The fourth-order valence-electron chi connectivity index (χ4n) is 2.38. The van der Waals surface area contributed by atoms with E-state index >= 15 is 0 Å². The first-order valence-corrected chi connectivity index (χ1v) is 8.44. The molecule has 0 aromatic heterocycles. The number of rotatable bonds is 7. The van der Waals surface area contributed by atoms with E-state index in [1.54, 1.807) is 24.3 Å². The summed E-state index contributed by atoms with van der Waals surface area (Å²) in [5, 5.41) is 14.6. The highest BCUT2D eigenvalue weighted by Gasteiger charge is 2.29. The SMILES string of the molecule is N#Cc1ccccc1OCC(=O)NCc1ccc(NC(=O)C2CC2)cc1. The number of anilines is 1. The normalized spacial score (nSPS) is 12.7. The van der Waals surface area contributed by atoms with Crippen molar-refractivity contribution in [3.63, 3.8) is 0 Å². The Morgan fingerprint density at radius 1 is 1.12 bits per heavy atom. The van der Waals surface area contributed by atoms with Gasteiger partial charge in [0.2, 0.25) is 5.91 Å². The van der Waals surface area contributed by atoms with Crippen molar-refractivity contribution in [3.05, 3.63) is 59.7 Å². The third-order valence-electron chi connectivity index (χ3n) is 4.03. The van der Waals surface area contributed by atoms with Crippen LogP contribution in [0.5, 0.6) is 5.75 Å². The number of hydrogen-bond acceptors (Lipinski definition) is 4. The van der Waals surface area contributed by atoms with E-state index in [1.165, 1.54) is 0 Å². The molecule has 0 atom stereocenters. The third kappa shape index (κ3) is 4.84. The van der Waals surface area contributed by atoms with E-state index in [0.29, 0.717) is 17.9 Å². The molecule has 1 fully saturated rings. The van der Waals surface area contributed by atoms with Crippen LogP contribution in [-0.4, -0.2) is 18.4 Å². The molecule has 0 aliphatic heterocycles. The third-order valence-corrected chi connectivity index (χ3v) is 4.03. The smallest absolute Gasteiger partial charge is 0.258 e. The second-order valence-electron chi connectivity index (χ2n) is 6.13. The van der Waals surface area contributed by atoms with Crippen molar-refractivity contribution in [1.82, 2.24) is 5.32 Å². The van der Waals surface area contributed by atoms with Gasteiger partial charge in [0.25, 0.3) is 5.91 Å². The number of nitriles is 1. The second kappa shape index (κ2) is 8.17. The van der Waals surface area contributed by atoms with Crippen LogP contribution in [0.2, 0.25) is 0 Å². The summed E-state index contributed by atoms with van der Waals surface area (Å²) in [6.07, 6.45) is 1.94. The van der Waals surface area contributed by atoms with Crippen molar-refractivity contribution in [2.75, 3.05) is 11.9 Å². The highest BCUT2D eigenvalue weighted by Crippen LogP contribution is 2.30. The minimum atomic E-state index is -0.274. The number of nitrogens with one attached hydrogen (secondary N) is 2. The largest absolute Gasteiger partial charge is 0.482 e. The molecule has 1 aliphatic rings. The Balaban J connectivity index is 1.44. The number of hydrogen-bond donors (Lipinski definition) is 2. The van der Waals surface area contributed by atoms with Crippen LogP contribution in [0, 0.1) is 17.2 Å². The minimum Gasteiger partial charge on any atom is -0.482 e. The highest BCUT2D eigenvalue weighted by atomic mass is 16.5. The predicted octanol–water partition coefficient (Wildman–Crippen LogP) is 2.60. The van der Waals surface area contributed by atoms with E-state index in [2.05, 4.69) is 10.6 Å². The van der Waals surface area contributed by atoms with Crippen LogP contribution in [-0.2, 0) is 16.1 Å². The Labute approximate surface area is 151 Å². The summed E-state index contributed by atoms with van der Waals surface area (Å²) >= 11 is 0. The Hall–Kier alpha value is -3.33. The van der Waals surface area contributed by atoms with Crippen LogP contribution in [0.25, 0.3) is 0 Å². The summed E-state index contributed by atoms with van der Waals surface area (Å²) in [6, 6.07) is 16.1. The number of ether oxygens (including phenoxy) is 1. The molecular weight excluding hydrogens is 330 g/mol. The average Bonchev–Trinajstić information content (AvgIpc) is 3.51. The molecule has 0 heterocycles. The zero-order chi connectivity index (χ0) is 18.4. The lowest BCUT2D eigenvalue weighted by Crippen LogP contribution is -2.28. The van der Waals surface area contributed by atoms with Gasteiger partial charge in [0.05, 0.1) is 5.56 Å². The molecule has 132 valence electrons. The minimum absolute atomic E-state index is 0.0702. The maximum absolute atomic E-state index is 11.9. The zero-order valence-corrected chi connectivity index (χ0v) is 14.2. The molecule has 6 heteroatoms. The number of amides is 2. The maximum Gasteiger partial charge on any atom is 0.258 e. The molecule has 2 N–H and O–H groups in total. The van der Waals surface area contributed by atoms with E-state index < -0.39 is 0 Å². The van der Waals surface area contributed by atoms with E-state index in [9.17, 15) is 9.59 Å². The molecule has 1 saturated carbocycles. The molecule has 2 aromatic carbocycles. The monoisotopic (exact) mass is 349 g/mol. The van der Waals surface area contributed by atoms with Gasteiger partial charge in [-0.25, -0.2) is 0 Å². The molecule has 0 saturated heterocycles. The van der Waals surface area contributed by atoms with E-state index in [4.69, 9.17) is 10.00 Å². The molecule has 1 aliphatic carbocycles. The molecule has 3 rings (SSSR count). The molecule has 0 spiro atoms. The molecule has 0 unspecified atom stereocenters. The van der Waals surface area contributed by atoms with Gasteiger partial charge in [-0.2, -0.15) is 5.26 Å². The highest BCUT2D eigenvalue weighted by molar-refractivity contribution is 5.94. The molecule has 2 amide bonds. The van der Waals surface area contributed by atoms with Crippen molar-refractivity contribution >= 4 is 17.5 Å². The lowest BCUT2D eigenvalue weighted by atomic mass is 10.2. The van der Waals surface area contributed by atoms with E-state index in [0.717, 1.165) is 24.1 Å². The van der Waals surface area contributed by atoms with Gasteiger partial charge >= 0.3 is 0 Å². The molecule has 2 aromatic rings. The number of para-hydroxylation sites is 1. The van der Waals surface area contributed by atoms with Gasteiger partial charge in [-0.15, -0.1) is 0 Å². The van der Waals surface area contributed by atoms with Gasteiger partial charge in [0.1, 0.15) is 11.8 Å². The number of nitrogens with zero attached hydrogens (tertiary/aromatic N) is 1. The van der Waals surface area contributed by atoms with Gasteiger partial charge in [-0.3, -0.25) is 9.59 Å². The number of carbonyl (C=O) groups is 2. The summed E-state index contributed by atoms with van der Waals surface area (Å²) in [6.45, 7) is 0.202. The Kier molecular flexibility index (Phi) is 5.49. The van der Waals surface area contributed by atoms with Crippen LogP contribution in [0.3, 0.4) is 0 Å². The molecule has 0 radical (unpaired) electrons. The fraction of sp³-hybridized carbons (Fsp3) is 0.250. The van der Waals surface area contributed by atoms with Crippen LogP contribution >= 0.6 is 0 Å². The predicted molar refractivity (Wildman–Crippen MR) is 96.3 cm³/mol. The van der Waals surface area contributed by atoms with Crippen LogP contribution < -0.4 is 15.4 Å². The van der Waals surface area contributed by atoms with Crippen molar-refractivity contribution < 1.29 is 14.3 Å². The quantitative estimate of drug-likeness (QED) is 0.804.